The highest BCUT2D eigenvalue weighted by Gasteiger charge is 2.38. The Morgan fingerprint density at radius 2 is 1.65 bits per heavy atom. The summed E-state index contributed by atoms with van der Waals surface area (Å²) in [4.78, 5) is 14.2. The van der Waals surface area contributed by atoms with E-state index < -0.39 is 6.17 Å². The highest BCUT2D eigenvalue weighted by atomic mass is 19.1. The van der Waals surface area contributed by atoms with E-state index in [-0.39, 0.29) is 17.0 Å². The second kappa shape index (κ2) is 5.63. The van der Waals surface area contributed by atoms with Crippen molar-refractivity contribution < 1.29 is 9.18 Å². The number of alkyl halides is 1. The molecule has 0 radical (unpaired) electrons. The standard InChI is InChI=1S/C16H29FN2O/c1-15(2)10-12(11-16(3,4)18-15)9-14(20)19-7-5-13(17)6-8-19/h12-13,18H,5-11H2,1-4H3. The van der Waals surface area contributed by atoms with Crippen LogP contribution in [0.3, 0.4) is 0 Å². The van der Waals surface area contributed by atoms with Gasteiger partial charge < -0.3 is 10.2 Å². The fourth-order valence-corrected chi connectivity index (χ4v) is 4.15. The molecule has 2 fully saturated rings. The van der Waals surface area contributed by atoms with E-state index in [0.29, 0.717) is 38.3 Å². The number of amides is 1. The molecule has 2 saturated heterocycles. The third-order valence-corrected chi connectivity index (χ3v) is 4.52. The van der Waals surface area contributed by atoms with Crippen molar-refractivity contribution in [1.29, 1.82) is 0 Å². The van der Waals surface area contributed by atoms with Crippen LogP contribution >= 0.6 is 0 Å². The third-order valence-electron chi connectivity index (χ3n) is 4.52. The van der Waals surface area contributed by atoms with Crippen molar-refractivity contribution >= 4 is 5.91 Å². The summed E-state index contributed by atoms with van der Waals surface area (Å²) < 4.78 is 13.1. The van der Waals surface area contributed by atoms with Crippen LogP contribution in [0.15, 0.2) is 0 Å². The highest BCUT2D eigenvalue weighted by molar-refractivity contribution is 5.76. The smallest absolute Gasteiger partial charge is 0.222 e. The Morgan fingerprint density at radius 1 is 1.15 bits per heavy atom. The summed E-state index contributed by atoms with van der Waals surface area (Å²) in [5.41, 5.74) is 0.164. The summed E-state index contributed by atoms with van der Waals surface area (Å²) in [6.07, 6.45) is 2.98. The first-order valence-corrected chi connectivity index (χ1v) is 7.88. The van der Waals surface area contributed by atoms with Crippen molar-refractivity contribution in [3.05, 3.63) is 0 Å². The molecule has 0 aromatic rings. The molecule has 2 aliphatic rings. The number of carbonyl (C=O) groups is 1. The lowest BCUT2D eigenvalue weighted by atomic mass is 9.74. The van der Waals surface area contributed by atoms with Gasteiger partial charge in [0, 0.05) is 30.6 Å². The number of nitrogens with zero attached hydrogens (tertiary/aromatic N) is 1. The minimum absolute atomic E-state index is 0.0820. The molecule has 4 heteroatoms. The average Bonchev–Trinajstić information content (AvgIpc) is 2.25. The van der Waals surface area contributed by atoms with Crippen LogP contribution in [0.4, 0.5) is 4.39 Å². The summed E-state index contributed by atoms with van der Waals surface area (Å²) >= 11 is 0. The summed E-state index contributed by atoms with van der Waals surface area (Å²) in [7, 11) is 0. The number of carbonyl (C=O) groups excluding carboxylic acids is 1. The molecule has 0 aromatic carbocycles. The van der Waals surface area contributed by atoms with Crippen molar-refractivity contribution in [2.45, 2.75) is 77.0 Å². The van der Waals surface area contributed by atoms with Gasteiger partial charge in [0.2, 0.25) is 5.91 Å². The van der Waals surface area contributed by atoms with E-state index in [4.69, 9.17) is 0 Å². The van der Waals surface area contributed by atoms with Gasteiger partial charge >= 0.3 is 0 Å². The lowest BCUT2D eigenvalue weighted by Crippen LogP contribution is -2.58. The van der Waals surface area contributed by atoms with Gasteiger partial charge in [0.25, 0.3) is 0 Å². The van der Waals surface area contributed by atoms with Gasteiger partial charge in [-0.15, -0.1) is 0 Å². The van der Waals surface area contributed by atoms with Crippen molar-refractivity contribution in [2.75, 3.05) is 13.1 Å². The van der Waals surface area contributed by atoms with E-state index in [1.165, 1.54) is 0 Å². The zero-order valence-corrected chi connectivity index (χ0v) is 13.3. The van der Waals surface area contributed by atoms with E-state index in [2.05, 4.69) is 33.0 Å². The molecule has 3 nitrogen and oxygen atoms in total. The molecule has 0 atom stereocenters. The monoisotopic (exact) mass is 284 g/mol. The van der Waals surface area contributed by atoms with Crippen molar-refractivity contribution in [2.24, 2.45) is 5.92 Å². The molecule has 0 spiro atoms. The minimum Gasteiger partial charge on any atom is -0.342 e. The Labute approximate surface area is 122 Å². The van der Waals surface area contributed by atoms with Gasteiger partial charge in [0.15, 0.2) is 0 Å². The first kappa shape index (κ1) is 15.7. The third kappa shape index (κ3) is 4.18. The molecule has 0 saturated carbocycles. The summed E-state index contributed by atoms with van der Waals surface area (Å²) in [5.74, 6) is 0.646. The van der Waals surface area contributed by atoms with Gasteiger partial charge in [0.1, 0.15) is 6.17 Å². The fraction of sp³-hybridized carbons (Fsp3) is 0.938. The Hall–Kier alpha value is -0.640. The topological polar surface area (TPSA) is 32.3 Å². The lowest BCUT2D eigenvalue weighted by Gasteiger charge is -2.46. The van der Waals surface area contributed by atoms with Crippen molar-refractivity contribution in [3.63, 3.8) is 0 Å². The minimum atomic E-state index is -0.712. The molecule has 2 aliphatic heterocycles. The quantitative estimate of drug-likeness (QED) is 0.845. The normalized spacial score (nSPS) is 27.6. The van der Waals surface area contributed by atoms with Crippen LogP contribution in [-0.4, -0.2) is 41.1 Å². The molecule has 1 amide bonds. The average molecular weight is 284 g/mol. The van der Waals surface area contributed by atoms with Crippen LogP contribution in [0.5, 0.6) is 0 Å². The molecule has 1 N–H and O–H groups in total. The van der Waals surface area contributed by atoms with E-state index in [9.17, 15) is 9.18 Å². The maximum atomic E-state index is 13.1. The molecule has 0 aliphatic carbocycles. The predicted molar refractivity (Wildman–Crippen MR) is 79.3 cm³/mol. The summed E-state index contributed by atoms with van der Waals surface area (Å²) in [5, 5.41) is 3.65. The van der Waals surface area contributed by atoms with E-state index in [1.54, 1.807) is 0 Å². The SMILES string of the molecule is CC1(C)CC(CC(=O)N2CCC(F)CC2)CC(C)(C)N1. The van der Waals surface area contributed by atoms with Gasteiger partial charge in [-0.1, -0.05) is 0 Å². The van der Waals surface area contributed by atoms with Crippen LogP contribution in [0.1, 0.15) is 59.8 Å². The molecule has 20 heavy (non-hydrogen) atoms. The number of hydrogen-bond donors (Lipinski definition) is 1. The summed E-state index contributed by atoms with van der Waals surface area (Å²) in [6.45, 7) is 10.0. The Kier molecular flexibility index (Phi) is 4.43. The molecule has 2 rings (SSSR count). The molecule has 2 heterocycles. The van der Waals surface area contributed by atoms with Gasteiger partial charge in [-0.2, -0.15) is 0 Å². The number of rotatable bonds is 2. The van der Waals surface area contributed by atoms with E-state index in [0.717, 1.165) is 12.8 Å². The van der Waals surface area contributed by atoms with Gasteiger partial charge in [-0.3, -0.25) is 4.79 Å². The van der Waals surface area contributed by atoms with Crippen LogP contribution in [0.25, 0.3) is 0 Å². The fourth-order valence-electron chi connectivity index (χ4n) is 4.15. The second-order valence-corrected chi connectivity index (χ2v) is 7.93. The zero-order chi connectivity index (χ0) is 15.0. The van der Waals surface area contributed by atoms with Crippen LogP contribution in [-0.2, 0) is 4.79 Å². The zero-order valence-electron chi connectivity index (χ0n) is 13.3. The molecule has 0 unspecified atom stereocenters. The maximum absolute atomic E-state index is 13.1. The molecular weight excluding hydrogens is 255 g/mol. The van der Waals surface area contributed by atoms with Gasteiger partial charge in [0.05, 0.1) is 0 Å². The number of piperidine rings is 2. The molecule has 0 aromatic heterocycles. The molecular formula is C16H29FN2O. The predicted octanol–water partition coefficient (Wildman–Crippen LogP) is 2.89. The second-order valence-electron chi connectivity index (χ2n) is 7.93. The van der Waals surface area contributed by atoms with Gasteiger partial charge in [-0.05, 0) is 59.3 Å². The summed E-state index contributed by atoms with van der Waals surface area (Å²) in [6, 6.07) is 0. The Morgan fingerprint density at radius 3 is 2.15 bits per heavy atom. The Bertz CT molecular complexity index is 343. The van der Waals surface area contributed by atoms with E-state index >= 15 is 0 Å². The highest BCUT2D eigenvalue weighted by Crippen LogP contribution is 2.35. The van der Waals surface area contributed by atoms with Gasteiger partial charge in [-0.25, -0.2) is 4.39 Å². The van der Waals surface area contributed by atoms with Crippen LogP contribution < -0.4 is 5.32 Å². The number of likely N-dealkylation sites (tertiary alicyclic amines) is 1. The maximum Gasteiger partial charge on any atom is 0.222 e. The van der Waals surface area contributed by atoms with E-state index in [1.807, 2.05) is 4.90 Å². The molecule has 0 bridgehead atoms. The first-order valence-electron chi connectivity index (χ1n) is 7.88. The van der Waals surface area contributed by atoms with Crippen LogP contribution in [0, 0.1) is 5.92 Å². The van der Waals surface area contributed by atoms with Crippen molar-refractivity contribution in [3.8, 4) is 0 Å². The largest absolute Gasteiger partial charge is 0.342 e. The first-order chi connectivity index (χ1) is 9.17. The number of halogens is 1. The van der Waals surface area contributed by atoms with Crippen molar-refractivity contribution in [1.82, 2.24) is 10.2 Å². The lowest BCUT2D eigenvalue weighted by molar-refractivity contribution is -0.134. The van der Waals surface area contributed by atoms with Crippen LogP contribution in [0.2, 0.25) is 0 Å². The number of nitrogens with one attached hydrogen (secondary N) is 1. The Balaban J connectivity index is 1.90. The number of hydrogen-bond acceptors (Lipinski definition) is 2. The molecule has 116 valence electrons.